The van der Waals surface area contributed by atoms with E-state index in [0.717, 1.165) is 27.5 Å². The van der Waals surface area contributed by atoms with Crippen LogP contribution < -0.4 is 5.32 Å². The summed E-state index contributed by atoms with van der Waals surface area (Å²) < 4.78 is 5.14. The van der Waals surface area contributed by atoms with Gasteiger partial charge in [-0.2, -0.15) is 0 Å². The number of nitrogens with zero attached hydrogens (tertiary/aromatic N) is 3. The number of benzene rings is 2. The number of hydrogen-bond donors (Lipinski definition) is 1. The molecule has 0 saturated heterocycles. The first kappa shape index (κ1) is 22.3. The Morgan fingerprint density at radius 2 is 2.03 bits per heavy atom. The fraction of sp³-hybridized carbons (Fsp3) is 0.130. The van der Waals surface area contributed by atoms with Crippen molar-refractivity contribution in [2.24, 2.45) is 0 Å². The molecular formula is C23H19ClN4O2S2. The van der Waals surface area contributed by atoms with E-state index >= 15 is 0 Å². The Morgan fingerprint density at radius 3 is 2.81 bits per heavy atom. The average Bonchev–Trinajstić information content (AvgIpc) is 3.30. The van der Waals surface area contributed by atoms with E-state index in [2.05, 4.69) is 15.3 Å². The van der Waals surface area contributed by atoms with Gasteiger partial charge in [0.25, 0.3) is 0 Å². The maximum Gasteiger partial charge on any atom is 0.343 e. The van der Waals surface area contributed by atoms with E-state index in [1.165, 1.54) is 29.3 Å². The lowest BCUT2D eigenvalue weighted by Crippen LogP contribution is -2.10. The quantitative estimate of drug-likeness (QED) is 0.181. The molecule has 0 unspecified atom stereocenters. The minimum Gasteiger partial charge on any atom is -0.462 e. The largest absolute Gasteiger partial charge is 0.462 e. The summed E-state index contributed by atoms with van der Waals surface area (Å²) in [5.41, 5.74) is 3.73. The zero-order valence-electron chi connectivity index (χ0n) is 17.3. The topological polar surface area (TPSA) is 77.0 Å². The Kier molecular flexibility index (Phi) is 7.04. The fourth-order valence-corrected chi connectivity index (χ4v) is 4.47. The molecule has 0 fully saturated rings. The summed E-state index contributed by atoms with van der Waals surface area (Å²) in [5.74, 6) is -0.0716. The molecule has 2 aromatic heterocycles. The van der Waals surface area contributed by atoms with E-state index in [1.807, 2.05) is 60.2 Å². The fourth-order valence-electron chi connectivity index (χ4n) is 2.98. The Hall–Kier alpha value is -2.94. The van der Waals surface area contributed by atoms with Crippen LogP contribution in [-0.4, -0.2) is 33.8 Å². The summed E-state index contributed by atoms with van der Waals surface area (Å²) >= 11 is 9.26. The number of aromatic nitrogens is 3. The molecule has 0 saturated carbocycles. The van der Waals surface area contributed by atoms with Crippen molar-refractivity contribution in [2.75, 3.05) is 18.2 Å². The Labute approximate surface area is 199 Å². The second-order valence-corrected chi connectivity index (χ2v) is 8.60. The van der Waals surface area contributed by atoms with Gasteiger partial charge in [0, 0.05) is 28.4 Å². The number of carbonyl (C=O) groups is 1. The van der Waals surface area contributed by atoms with Crippen LogP contribution >= 0.6 is 34.7 Å². The number of thioether (sulfide) groups is 1. The van der Waals surface area contributed by atoms with E-state index in [0.29, 0.717) is 16.0 Å². The highest BCUT2D eigenvalue weighted by Crippen LogP contribution is 2.34. The molecule has 0 aliphatic rings. The second-order valence-electron chi connectivity index (χ2n) is 6.56. The number of rotatable bonds is 7. The summed E-state index contributed by atoms with van der Waals surface area (Å²) in [6.45, 7) is 2.03. The first-order valence-corrected chi connectivity index (χ1v) is 12.2. The van der Waals surface area contributed by atoms with Crippen molar-refractivity contribution < 1.29 is 9.53 Å². The molecule has 2 aromatic carbocycles. The van der Waals surface area contributed by atoms with Crippen LogP contribution in [0.5, 0.6) is 0 Å². The standard InChI is InChI=1S/C23H19ClN4O2S2/c1-3-30-22(29)17-12-25-23(31-2)28-20(17)26-15-8-6-7-14(11-15)19-13-32-21(27-19)16-9-4-5-10-18(16)24/h4-13H,3H2,1-2H3,(H,25,26,28). The second kappa shape index (κ2) is 10.1. The van der Waals surface area contributed by atoms with Crippen LogP contribution in [0.2, 0.25) is 5.02 Å². The maximum atomic E-state index is 12.3. The highest BCUT2D eigenvalue weighted by Gasteiger charge is 2.17. The van der Waals surface area contributed by atoms with Crippen molar-refractivity contribution in [1.82, 2.24) is 15.0 Å². The van der Waals surface area contributed by atoms with Crippen molar-refractivity contribution >= 4 is 52.2 Å². The van der Waals surface area contributed by atoms with Crippen LogP contribution in [0.15, 0.2) is 65.3 Å². The molecule has 0 aliphatic heterocycles. The zero-order chi connectivity index (χ0) is 22.5. The Balaban J connectivity index is 1.64. The van der Waals surface area contributed by atoms with Gasteiger partial charge in [0.2, 0.25) is 0 Å². The number of nitrogens with one attached hydrogen (secondary N) is 1. The molecule has 0 spiro atoms. The predicted octanol–water partition coefficient (Wildman–Crippen LogP) is 6.56. The first-order valence-electron chi connectivity index (χ1n) is 9.75. The van der Waals surface area contributed by atoms with Gasteiger partial charge in [0.15, 0.2) is 5.16 Å². The minimum absolute atomic E-state index is 0.273. The van der Waals surface area contributed by atoms with Crippen LogP contribution in [0.1, 0.15) is 17.3 Å². The number of halogens is 1. The minimum atomic E-state index is -0.470. The van der Waals surface area contributed by atoms with E-state index in [9.17, 15) is 4.79 Å². The molecule has 0 atom stereocenters. The molecule has 4 aromatic rings. The monoisotopic (exact) mass is 482 g/mol. The number of hydrogen-bond acceptors (Lipinski definition) is 8. The third-order valence-corrected chi connectivity index (χ3v) is 6.24. The van der Waals surface area contributed by atoms with E-state index < -0.39 is 5.97 Å². The van der Waals surface area contributed by atoms with Gasteiger partial charge in [-0.15, -0.1) is 11.3 Å². The lowest BCUT2D eigenvalue weighted by atomic mass is 10.1. The Morgan fingerprint density at radius 1 is 1.19 bits per heavy atom. The molecule has 0 radical (unpaired) electrons. The molecule has 4 rings (SSSR count). The molecule has 6 nitrogen and oxygen atoms in total. The molecule has 0 bridgehead atoms. The molecule has 32 heavy (non-hydrogen) atoms. The summed E-state index contributed by atoms with van der Waals surface area (Å²) in [7, 11) is 0. The van der Waals surface area contributed by atoms with Crippen LogP contribution in [-0.2, 0) is 4.74 Å². The van der Waals surface area contributed by atoms with Crippen LogP contribution in [0.25, 0.3) is 21.8 Å². The smallest absolute Gasteiger partial charge is 0.343 e. The summed E-state index contributed by atoms with van der Waals surface area (Å²) in [6, 6.07) is 15.4. The summed E-state index contributed by atoms with van der Waals surface area (Å²) in [4.78, 5) is 25.8. The van der Waals surface area contributed by atoms with Gasteiger partial charge >= 0.3 is 5.97 Å². The van der Waals surface area contributed by atoms with Gasteiger partial charge in [-0.25, -0.2) is 19.7 Å². The van der Waals surface area contributed by atoms with Gasteiger partial charge < -0.3 is 10.1 Å². The van der Waals surface area contributed by atoms with Gasteiger partial charge in [0.05, 0.1) is 17.3 Å². The molecule has 9 heteroatoms. The van der Waals surface area contributed by atoms with Crippen LogP contribution in [0.4, 0.5) is 11.5 Å². The number of thiazole rings is 1. The van der Waals surface area contributed by atoms with E-state index in [4.69, 9.17) is 21.3 Å². The predicted molar refractivity (Wildman–Crippen MR) is 131 cm³/mol. The third-order valence-electron chi connectivity index (χ3n) is 4.47. The summed E-state index contributed by atoms with van der Waals surface area (Å²) in [5, 5.41) is 7.31. The average molecular weight is 483 g/mol. The molecule has 0 amide bonds. The van der Waals surface area contributed by atoms with Crippen molar-refractivity contribution in [3.63, 3.8) is 0 Å². The van der Waals surface area contributed by atoms with Crippen molar-refractivity contribution in [1.29, 1.82) is 0 Å². The van der Waals surface area contributed by atoms with Crippen LogP contribution in [0, 0.1) is 0 Å². The van der Waals surface area contributed by atoms with E-state index in [-0.39, 0.29) is 12.2 Å². The summed E-state index contributed by atoms with van der Waals surface area (Å²) in [6.07, 6.45) is 3.36. The van der Waals surface area contributed by atoms with Crippen molar-refractivity contribution in [3.8, 4) is 21.8 Å². The molecule has 1 N–H and O–H groups in total. The molecule has 162 valence electrons. The van der Waals surface area contributed by atoms with Crippen LogP contribution in [0.3, 0.4) is 0 Å². The number of esters is 1. The molecule has 0 aliphatic carbocycles. The number of carbonyl (C=O) groups excluding carboxylic acids is 1. The van der Waals surface area contributed by atoms with Gasteiger partial charge in [-0.3, -0.25) is 0 Å². The highest BCUT2D eigenvalue weighted by atomic mass is 35.5. The maximum absolute atomic E-state index is 12.3. The number of anilines is 2. The molecule has 2 heterocycles. The van der Waals surface area contributed by atoms with E-state index in [1.54, 1.807) is 6.92 Å². The lowest BCUT2D eigenvalue weighted by Gasteiger charge is -2.12. The van der Waals surface area contributed by atoms with Gasteiger partial charge in [-0.05, 0) is 31.4 Å². The van der Waals surface area contributed by atoms with Crippen molar-refractivity contribution in [2.45, 2.75) is 12.1 Å². The number of ether oxygens (including phenoxy) is 1. The third kappa shape index (κ3) is 4.93. The SMILES string of the molecule is CCOC(=O)c1cnc(SC)nc1Nc1cccc(-c2csc(-c3ccccc3Cl)n2)c1. The zero-order valence-corrected chi connectivity index (χ0v) is 19.7. The van der Waals surface area contributed by atoms with Gasteiger partial charge in [0.1, 0.15) is 16.4 Å². The van der Waals surface area contributed by atoms with Crippen molar-refractivity contribution in [3.05, 3.63) is 70.7 Å². The Bertz CT molecular complexity index is 1260. The highest BCUT2D eigenvalue weighted by molar-refractivity contribution is 7.98. The first-order chi connectivity index (χ1) is 15.6. The van der Waals surface area contributed by atoms with Gasteiger partial charge in [-0.1, -0.05) is 53.7 Å². The normalized spacial score (nSPS) is 10.7. The molecular weight excluding hydrogens is 464 g/mol. The lowest BCUT2D eigenvalue weighted by molar-refractivity contribution is 0.0526.